The van der Waals surface area contributed by atoms with Crippen LogP contribution < -0.4 is 0 Å². The number of carboxylic acids is 1. The highest BCUT2D eigenvalue weighted by Crippen LogP contribution is 1.95. The van der Waals surface area contributed by atoms with Crippen molar-refractivity contribution in [3.8, 4) is 0 Å². The van der Waals surface area contributed by atoms with E-state index < -0.39 is 5.97 Å². The molecular formula is C9H17NO2. The van der Waals surface area contributed by atoms with Crippen LogP contribution in [-0.2, 0) is 4.79 Å². The largest absolute Gasteiger partial charge is 0.477 e. The van der Waals surface area contributed by atoms with Gasteiger partial charge in [-0.1, -0.05) is 26.7 Å². The van der Waals surface area contributed by atoms with Crippen molar-refractivity contribution in [2.24, 2.45) is 4.99 Å². The van der Waals surface area contributed by atoms with Gasteiger partial charge in [0, 0.05) is 6.54 Å². The zero-order chi connectivity index (χ0) is 9.40. The van der Waals surface area contributed by atoms with Crippen molar-refractivity contribution in [1.29, 1.82) is 0 Å². The molecule has 0 aromatic heterocycles. The van der Waals surface area contributed by atoms with E-state index in [1.165, 1.54) is 0 Å². The van der Waals surface area contributed by atoms with E-state index in [-0.39, 0.29) is 0 Å². The Labute approximate surface area is 73.5 Å². The molecule has 12 heavy (non-hydrogen) atoms. The van der Waals surface area contributed by atoms with Gasteiger partial charge in [0.25, 0.3) is 0 Å². The number of carboxylic acid groups (broad SMARTS) is 1. The second-order valence-electron chi connectivity index (χ2n) is 2.69. The van der Waals surface area contributed by atoms with Gasteiger partial charge in [-0.2, -0.15) is 0 Å². The van der Waals surface area contributed by atoms with E-state index >= 15 is 0 Å². The molecule has 3 nitrogen and oxygen atoms in total. The second-order valence-corrected chi connectivity index (χ2v) is 2.69. The quantitative estimate of drug-likeness (QED) is 0.491. The molecule has 70 valence electrons. The van der Waals surface area contributed by atoms with Gasteiger partial charge >= 0.3 is 5.97 Å². The van der Waals surface area contributed by atoms with Crippen LogP contribution in [0.25, 0.3) is 0 Å². The predicted molar refractivity (Wildman–Crippen MR) is 49.8 cm³/mol. The summed E-state index contributed by atoms with van der Waals surface area (Å²) in [6.45, 7) is 4.58. The zero-order valence-corrected chi connectivity index (χ0v) is 7.84. The molecule has 1 N–H and O–H groups in total. The summed E-state index contributed by atoms with van der Waals surface area (Å²) in [5, 5.41) is 8.60. The van der Waals surface area contributed by atoms with Crippen molar-refractivity contribution in [2.75, 3.05) is 6.54 Å². The van der Waals surface area contributed by atoms with E-state index in [0.29, 0.717) is 18.7 Å². The van der Waals surface area contributed by atoms with E-state index in [2.05, 4.69) is 11.9 Å². The van der Waals surface area contributed by atoms with E-state index in [4.69, 9.17) is 5.11 Å². The van der Waals surface area contributed by atoms with Crippen LogP contribution >= 0.6 is 0 Å². The third-order valence-corrected chi connectivity index (χ3v) is 1.65. The summed E-state index contributed by atoms with van der Waals surface area (Å²) in [4.78, 5) is 14.5. The molecule has 0 aromatic rings. The van der Waals surface area contributed by atoms with Gasteiger partial charge in [0.2, 0.25) is 0 Å². The fourth-order valence-electron chi connectivity index (χ4n) is 0.906. The molecule has 0 aliphatic heterocycles. The molecule has 0 aromatic carbocycles. The fourth-order valence-corrected chi connectivity index (χ4v) is 0.906. The topological polar surface area (TPSA) is 49.7 Å². The van der Waals surface area contributed by atoms with E-state index in [0.717, 1.165) is 19.3 Å². The van der Waals surface area contributed by atoms with Crippen molar-refractivity contribution >= 4 is 11.7 Å². The van der Waals surface area contributed by atoms with Crippen LogP contribution in [0.1, 0.15) is 39.5 Å². The van der Waals surface area contributed by atoms with Crippen molar-refractivity contribution in [3.05, 3.63) is 0 Å². The van der Waals surface area contributed by atoms with Gasteiger partial charge in [-0.05, 0) is 12.8 Å². The number of aliphatic carboxylic acids is 1. The monoisotopic (exact) mass is 171 g/mol. The van der Waals surface area contributed by atoms with Crippen LogP contribution in [0.3, 0.4) is 0 Å². The third kappa shape index (κ3) is 4.88. The first-order valence-electron chi connectivity index (χ1n) is 4.49. The summed E-state index contributed by atoms with van der Waals surface area (Å²) in [6.07, 6.45) is 3.78. The molecular weight excluding hydrogens is 154 g/mol. The maximum atomic E-state index is 10.5. The lowest BCUT2D eigenvalue weighted by molar-refractivity contribution is -0.129. The SMILES string of the molecule is CCCCCN=C(CC)C(=O)O. The van der Waals surface area contributed by atoms with Crippen LogP contribution in [0.2, 0.25) is 0 Å². The lowest BCUT2D eigenvalue weighted by Crippen LogP contribution is -2.12. The van der Waals surface area contributed by atoms with Gasteiger partial charge in [-0.15, -0.1) is 0 Å². The molecule has 3 heteroatoms. The first-order valence-corrected chi connectivity index (χ1v) is 4.49. The predicted octanol–water partition coefficient (Wildman–Crippen LogP) is 2.11. The van der Waals surface area contributed by atoms with Crippen molar-refractivity contribution < 1.29 is 9.90 Å². The van der Waals surface area contributed by atoms with Gasteiger partial charge < -0.3 is 5.11 Å². The number of nitrogens with zero attached hydrogens (tertiary/aromatic N) is 1. The van der Waals surface area contributed by atoms with Gasteiger partial charge in [0.05, 0.1) is 0 Å². The number of hydrogen-bond donors (Lipinski definition) is 1. The lowest BCUT2D eigenvalue weighted by Gasteiger charge is -1.97. The summed E-state index contributed by atoms with van der Waals surface area (Å²) < 4.78 is 0. The Morgan fingerprint density at radius 2 is 2.00 bits per heavy atom. The summed E-state index contributed by atoms with van der Waals surface area (Å²) in [7, 11) is 0. The second kappa shape index (κ2) is 6.83. The molecule has 0 radical (unpaired) electrons. The minimum absolute atomic E-state index is 0.297. The van der Waals surface area contributed by atoms with Gasteiger partial charge in [-0.3, -0.25) is 4.99 Å². The van der Waals surface area contributed by atoms with Crippen LogP contribution in [0, 0.1) is 0 Å². The number of hydrogen-bond acceptors (Lipinski definition) is 2. The van der Waals surface area contributed by atoms with Crippen LogP contribution in [0.4, 0.5) is 0 Å². The van der Waals surface area contributed by atoms with Crippen LogP contribution in [0.5, 0.6) is 0 Å². The molecule has 0 bridgehead atoms. The van der Waals surface area contributed by atoms with Gasteiger partial charge in [0.15, 0.2) is 0 Å². The Morgan fingerprint density at radius 1 is 1.33 bits per heavy atom. The number of carbonyl (C=O) groups is 1. The third-order valence-electron chi connectivity index (χ3n) is 1.65. The highest BCUT2D eigenvalue weighted by molar-refractivity contribution is 6.35. The average Bonchev–Trinajstić information content (AvgIpc) is 2.04. The fraction of sp³-hybridized carbons (Fsp3) is 0.778. The number of rotatable bonds is 6. The summed E-state index contributed by atoms with van der Waals surface area (Å²) in [5.74, 6) is -0.881. The maximum absolute atomic E-state index is 10.5. The summed E-state index contributed by atoms with van der Waals surface area (Å²) in [6, 6.07) is 0. The molecule has 0 aliphatic rings. The van der Waals surface area contributed by atoms with E-state index in [1.807, 2.05) is 6.92 Å². The molecule has 0 atom stereocenters. The molecule has 0 saturated carbocycles. The number of aliphatic imine (C=N–C) groups is 1. The van der Waals surface area contributed by atoms with E-state index in [9.17, 15) is 4.79 Å². The summed E-state index contributed by atoms with van der Waals surface area (Å²) in [5.41, 5.74) is 0.297. The zero-order valence-electron chi connectivity index (χ0n) is 7.84. The molecule has 0 aliphatic carbocycles. The Morgan fingerprint density at radius 3 is 2.42 bits per heavy atom. The Bertz CT molecular complexity index is 164. The van der Waals surface area contributed by atoms with Gasteiger partial charge in [-0.25, -0.2) is 4.79 Å². The molecule has 0 amide bonds. The molecule has 0 heterocycles. The molecule has 0 rings (SSSR count). The van der Waals surface area contributed by atoms with Crippen LogP contribution in [-0.4, -0.2) is 23.3 Å². The smallest absolute Gasteiger partial charge is 0.349 e. The maximum Gasteiger partial charge on any atom is 0.349 e. The average molecular weight is 171 g/mol. The van der Waals surface area contributed by atoms with Gasteiger partial charge in [0.1, 0.15) is 5.71 Å². The minimum atomic E-state index is -0.881. The highest BCUT2D eigenvalue weighted by Gasteiger charge is 2.04. The number of unbranched alkanes of at least 4 members (excludes halogenated alkanes) is 2. The normalized spacial score (nSPS) is 11.7. The van der Waals surface area contributed by atoms with Crippen LogP contribution in [0.15, 0.2) is 4.99 Å². The summed E-state index contributed by atoms with van der Waals surface area (Å²) >= 11 is 0. The molecule has 0 saturated heterocycles. The molecule has 0 unspecified atom stereocenters. The Hall–Kier alpha value is -0.860. The lowest BCUT2D eigenvalue weighted by atomic mass is 10.2. The van der Waals surface area contributed by atoms with Crippen molar-refractivity contribution in [1.82, 2.24) is 0 Å². The first-order chi connectivity index (χ1) is 5.72. The Balaban J connectivity index is 3.71. The van der Waals surface area contributed by atoms with Crippen molar-refractivity contribution in [3.63, 3.8) is 0 Å². The highest BCUT2D eigenvalue weighted by atomic mass is 16.4. The Kier molecular flexibility index (Phi) is 6.34. The van der Waals surface area contributed by atoms with E-state index in [1.54, 1.807) is 0 Å². The standard InChI is InChI=1S/C9H17NO2/c1-3-5-6-7-10-8(4-2)9(11)12/h3-7H2,1-2H3,(H,11,12). The minimum Gasteiger partial charge on any atom is -0.477 e. The molecule has 0 spiro atoms. The molecule has 0 fully saturated rings. The van der Waals surface area contributed by atoms with Crippen molar-refractivity contribution in [2.45, 2.75) is 39.5 Å². The first kappa shape index (κ1) is 11.1.